The molecule has 2 aliphatic heterocycles. The van der Waals surface area contributed by atoms with Gasteiger partial charge in [-0.3, -0.25) is 14.2 Å². The van der Waals surface area contributed by atoms with Crippen LogP contribution < -0.4 is 5.32 Å². The standard InChI is InChI=1S/C42H53F2N3O6/c1-3-37-35(23-27-4-11-32(12-5-27)53-33-14-20-52-21-15-33)34-13-10-31(44)25-38(34)47(37)41(51)46-18-16-42(17-19-46,29-6-8-30(43)9-7-29)40(50)45-36-24-28(39(48)49)22-26(36)2/h6-10,13,25-28,32-33,36H,3-5,11-12,14-24H2,1-2H3,(H,45,50)(H,48,49)/t26-,27?,28+,32?,36-/m0/s1. The summed E-state index contributed by atoms with van der Waals surface area (Å²) < 4.78 is 42.6. The highest BCUT2D eigenvalue weighted by atomic mass is 19.1. The quantitative estimate of drug-likeness (QED) is 0.237. The van der Waals surface area contributed by atoms with E-state index < -0.39 is 28.9 Å². The second-order valence-corrected chi connectivity index (χ2v) is 16.0. The molecule has 0 bridgehead atoms. The largest absolute Gasteiger partial charge is 0.481 e. The van der Waals surface area contributed by atoms with Crippen LogP contribution in [-0.2, 0) is 37.3 Å². The molecule has 11 heteroatoms. The van der Waals surface area contributed by atoms with Crippen molar-refractivity contribution in [2.24, 2.45) is 17.8 Å². The molecule has 2 amide bonds. The van der Waals surface area contributed by atoms with Crippen molar-refractivity contribution in [3.63, 3.8) is 0 Å². The van der Waals surface area contributed by atoms with E-state index >= 15 is 0 Å². The maximum absolute atomic E-state index is 14.9. The molecule has 286 valence electrons. The zero-order chi connectivity index (χ0) is 37.3. The number of piperidine rings is 1. The highest BCUT2D eigenvalue weighted by Crippen LogP contribution is 2.40. The van der Waals surface area contributed by atoms with Crippen LogP contribution in [0.3, 0.4) is 0 Å². The summed E-state index contributed by atoms with van der Waals surface area (Å²) in [7, 11) is 0. The highest BCUT2D eigenvalue weighted by molar-refractivity contribution is 5.96. The number of rotatable bonds is 9. The van der Waals surface area contributed by atoms with Gasteiger partial charge in [0.2, 0.25) is 5.91 Å². The maximum atomic E-state index is 14.9. The summed E-state index contributed by atoms with van der Waals surface area (Å²) in [6.07, 6.45) is 9.42. The Morgan fingerprint density at radius 3 is 2.23 bits per heavy atom. The smallest absolute Gasteiger partial charge is 0.328 e. The van der Waals surface area contributed by atoms with E-state index in [0.717, 1.165) is 74.8 Å². The van der Waals surface area contributed by atoms with Gasteiger partial charge in [0.15, 0.2) is 0 Å². The minimum Gasteiger partial charge on any atom is -0.481 e. The molecule has 7 rings (SSSR count). The Labute approximate surface area is 310 Å². The van der Waals surface area contributed by atoms with Crippen LogP contribution in [-0.4, -0.2) is 77.0 Å². The zero-order valence-corrected chi connectivity index (χ0v) is 31.0. The van der Waals surface area contributed by atoms with Gasteiger partial charge in [0, 0.05) is 43.4 Å². The van der Waals surface area contributed by atoms with Gasteiger partial charge in [0.05, 0.1) is 29.1 Å². The van der Waals surface area contributed by atoms with Crippen LogP contribution in [0.1, 0.15) is 94.9 Å². The summed E-state index contributed by atoms with van der Waals surface area (Å²) in [5, 5.41) is 13.7. The SMILES string of the molecule is CCc1c(CC2CCC(OC3CCOCC3)CC2)c2ccc(F)cc2n1C(=O)N1CCC(C(=O)N[C@H]2C[C@H](C(=O)O)C[C@@H]2C)(c2ccc(F)cc2)CC1. The van der Waals surface area contributed by atoms with E-state index in [9.17, 15) is 28.3 Å². The number of carbonyl (C=O) groups excluding carboxylic acids is 2. The second kappa shape index (κ2) is 15.9. The molecule has 9 nitrogen and oxygen atoms in total. The number of aliphatic carboxylic acids is 1. The first-order chi connectivity index (χ1) is 25.6. The predicted octanol–water partition coefficient (Wildman–Crippen LogP) is 7.40. The monoisotopic (exact) mass is 733 g/mol. The van der Waals surface area contributed by atoms with E-state index in [1.807, 2.05) is 19.9 Å². The number of nitrogens with one attached hydrogen (secondary N) is 1. The van der Waals surface area contributed by atoms with Crippen molar-refractivity contribution < 1.29 is 37.7 Å². The maximum Gasteiger partial charge on any atom is 0.328 e. The number of carbonyl (C=O) groups is 3. The summed E-state index contributed by atoms with van der Waals surface area (Å²) in [6.45, 7) is 6.06. The summed E-state index contributed by atoms with van der Waals surface area (Å²) in [6, 6.07) is 10.2. The van der Waals surface area contributed by atoms with Crippen molar-refractivity contribution in [3.05, 3.63) is 70.9 Å². The van der Waals surface area contributed by atoms with E-state index in [0.29, 0.717) is 49.1 Å². The van der Waals surface area contributed by atoms with Gasteiger partial charge < -0.3 is 24.8 Å². The van der Waals surface area contributed by atoms with Crippen molar-refractivity contribution in [1.82, 2.24) is 14.8 Å². The molecular weight excluding hydrogens is 680 g/mol. The molecule has 53 heavy (non-hydrogen) atoms. The molecule has 1 aromatic heterocycles. The fourth-order valence-electron chi connectivity index (χ4n) is 9.64. The van der Waals surface area contributed by atoms with Gasteiger partial charge in [-0.15, -0.1) is 0 Å². The summed E-state index contributed by atoms with van der Waals surface area (Å²) in [4.78, 5) is 42.3. The number of carboxylic acid groups (broad SMARTS) is 1. The molecule has 3 heterocycles. The normalized spacial score (nSPS) is 26.5. The lowest BCUT2D eigenvalue weighted by atomic mass is 9.71. The first kappa shape index (κ1) is 37.5. The molecule has 2 saturated carbocycles. The van der Waals surface area contributed by atoms with Crippen molar-refractivity contribution in [3.8, 4) is 0 Å². The Morgan fingerprint density at radius 2 is 1.58 bits per heavy atom. The Morgan fingerprint density at radius 1 is 0.925 bits per heavy atom. The number of ether oxygens (including phenoxy) is 2. The fraction of sp³-hybridized carbons (Fsp3) is 0.595. The number of fused-ring (bicyclic) bond motifs is 1. The van der Waals surface area contributed by atoms with Gasteiger partial charge in [-0.1, -0.05) is 26.0 Å². The number of carboxylic acids is 1. The Kier molecular flexibility index (Phi) is 11.2. The first-order valence-corrected chi connectivity index (χ1v) is 19.7. The molecule has 2 aromatic carbocycles. The van der Waals surface area contributed by atoms with Gasteiger partial charge in [0.25, 0.3) is 0 Å². The summed E-state index contributed by atoms with van der Waals surface area (Å²) >= 11 is 0. The third-order valence-corrected chi connectivity index (χ3v) is 12.8. The molecule has 0 spiro atoms. The van der Waals surface area contributed by atoms with Crippen LogP contribution in [0.5, 0.6) is 0 Å². The second-order valence-electron chi connectivity index (χ2n) is 16.0. The first-order valence-electron chi connectivity index (χ1n) is 19.7. The fourth-order valence-corrected chi connectivity index (χ4v) is 9.64. The number of halogens is 2. The number of hydrogen-bond donors (Lipinski definition) is 2. The Balaban J connectivity index is 1.10. The summed E-state index contributed by atoms with van der Waals surface area (Å²) in [5.41, 5.74) is 2.21. The number of amides is 2. The molecule has 2 aliphatic carbocycles. The van der Waals surface area contributed by atoms with Crippen LogP contribution in [0.4, 0.5) is 13.6 Å². The number of benzene rings is 2. The lowest BCUT2D eigenvalue weighted by Crippen LogP contribution is -2.55. The summed E-state index contributed by atoms with van der Waals surface area (Å²) in [5.74, 6) is -1.97. The molecule has 4 aliphatic rings. The molecule has 0 unspecified atom stereocenters. The van der Waals surface area contributed by atoms with Gasteiger partial charge in [-0.25, -0.2) is 13.6 Å². The predicted molar refractivity (Wildman–Crippen MR) is 197 cm³/mol. The average molecular weight is 734 g/mol. The third kappa shape index (κ3) is 7.74. The van der Waals surface area contributed by atoms with Crippen molar-refractivity contribution >= 4 is 28.8 Å². The Bertz CT molecular complexity index is 1790. The number of hydrogen-bond acceptors (Lipinski definition) is 5. The van der Waals surface area contributed by atoms with Crippen molar-refractivity contribution in [2.75, 3.05) is 26.3 Å². The molecule has 3 aromatic rings. The van der Waals surface area contributed by atoms with Crippen LogP contribution in [0.25, 0.3) is 10.9 Å². The number of nitrogens with zero attached hydrogens (tertiary/aromatic N) is 2. The molecule has 0 radical (unpaired) electrons. The van der Waals surface area contributed by atoms with Gasteiger partial charge in [-0.05, 0) is 130 Å². The molecule has 2 N–H and O–H groups in total. The third-order valence-electron chi connectivity index (χ3n) is 12.8. The average Bonchev–Trinajstić information content (AvgIpc) is 3.68. The van der Waals surface area contributed by atoms with Crippen LogP contribution in [0.2, 0.25) is 0 Å². The van der Waals surface area contributed by atoms with E-state index in [4.69, 9.17) is 9.47 Å². The van der Waals surface area contributed by atoms with Crippen LogP contribution in [0, 0.1) is 29.4 Å². The van der Waals surface area contributed by atoms with Crippen LogP contribution >= 0.6 is 0 Å². The van der Waals surface area contributed by atoms with E-state index in [1.54, 1.807) is 21.6 Å². The number of aromatic nitrogens is 1. The molecular formula is C42H53F2N3O6. The Hall–Kier alpha value is -3.83. The minimum absolute atomic E-state index is 0.00322. The van der Waals surface area contributed by atoms with E-state index in [-0.39, 0.29) is 49.2 Å². The lowest BCUT2D eigenvalue weighted by Gasteiger charge is -2.42. The molecule has 4 fully saturated rings. The lowest BCUT2D eigenvalue weighted by molar-refractivity contribution is -0.141. The van der Waals surface area contributed by atoms with Gasteiger partial charge in [0.1, 0.15) is 11.6 Å². The molecule has 2 saturated heterocycles. The van der Waals surface area contributed by atoms with E-state index in [1.165, 1.54) is 24.3 Å². The zero-order valence-electron chi connectivity index (χ0n) is 31.0. The van der Waals surface area contributed by atoms with Gasteiger partial charge >= 0.3 is 12.0 Å². The van der Waals surface area contributed by atoms with Crippen LogP contribution in [0.15, 0.2) is 42.5 Å². The van der Waals surface area contributed by atoms with Crippen molar-refractivity contribution in [2.45, 2.75) is 115 Å². The number of likely N-dealkylation sites (tertiary alicyclic amines) is 1. The van der Waals surface area contributed by atoms with Crippen molar-refractivity contribution in [1.29, 1.82) is 0 Å². The topological polar surface area (TPSA) is 110 Å². The highest BCUT2D eigenvalue weighted by Gasteiger charge is 2.46. The molecule has 3 atom stereocenters. The van der Waals surface area contributed by atoms with E-state index in [2.05, 4.69) is 5.32 Å². The van der Waals surface area contributed by atoms with Gasteiger partial charge in [-0.2, -0.15) is 0 Å². The minimum atomic E-state index is -1.03.